The molecule has 1 fully saturated rings. The molecule has 3 amide bonds. The minimum absolute atomic E-state index is 0.0691. The van der Waals surface area contributed by atoms with E-state index < -0.39 is 12.0 Å². The molecule has 0 saturated carbocycles. The van der Waals surface area contributed by atoms with Crippen molar-refractivity contribution >= 4 is 23.6 Å². The van der Waals surface area contributed by atoms with Gasteiger partial charge in [-0.1, -0.05) is 0 Å². The van der Waals surface area contributed by atoms with Crippen molar-refractivity contribution in [2.75, 3.05) is 27.4 Å². The molecule has 1 saturated heterocycles. The van der Waals surface area contributed by atoms with E-state index in [1.807, 2.05) is 0 Å². The highest BCUT2D eigenvalue weighted by atomic mass is 16.5. The van der Waals surface area contributed by atoms with Crippen LogP contribution in [0.2, 0.25) is 0 Å². The highest BCUT2D eigenvalue weighted by Gasteiger charge is 2.31. The predicted octanol–water partition coefficient (Wildman–Crippen LogP) is 1.48. The van der Waals surface area contributed by atoms with E-state index in [0.717, 1.165) is 0 Å². The van der Waals surface area contributed by atoms with Gasteiger partial charge in [-0.3, -0.25) is 14.4 Å². The number of likely N-dealkylation sites (N-methyl/N-ethyl adjacent to an activating group) is 1. The molecule has 0 bridgehead atoms. The topological polar surface area (TPSA) is 150 Å². The smallest absolute Gasteiger partial charge is 0.279 e. The summed E-state index contributed by atoms with van der Waals surface area (Å²) in [5.74, 6) is 0.256. The molecule has 2 aliphatic rings. The lowest BCUT2D eigenvalue weighted by atomic mass is 10.1. The molecule has 0 aromatic heterocycles. The van der Waals surface area contributed by atoms with Crippen LogP contribution in [0.15, 0.2) is 53.7 Å². The van der Waals surface area contributed by atoms with Gasteiger partial charge in [-0.15, -0.1) is 0 Å². The largest absolute Gasteiger partial charge is 0.480 e. The van der Waals surface area contributed by atoms with E-state index in [0.29, 0.717) is 30.0 Å². The van der Waals surface area contributed by atoms with Crippen molar-refractivity contribution in [1.82, 2.24) is 9.80 Å². The van der Waals surface area contributed by atoms with Crippen LogP contribution in [0, 0.1) is 0 Å². The molecule has 2 heterocycles. The van der Waals surface area contributed by atoms with E-state index in [9.17, 15) is 14.4 Å². The number of hydrogen-bond acceptors (Lipinski definition) is 7. The second kappa shape index (κ2) is 9.75. The fraction of sp³-hybridized carbons (Fsp3) is 0.250. The standard InChI is InChI=1S/C24H25N5O6/c1-28-8-6-19(24(28)32)35-17-10-14(22(30)27-21(26)5-7-25)9-16(11-17)34-15-3-4-18-20(12-15)33-13-29(2)23(18)31/h3-5,7,9-12,19H,6,8,13,25H2,1-2H3,(H2,26,27,30)/b7-5-. The fourth-order valence-electron chi connectivity index (χ4n) is 3.63. The number of aliphatic imine (C=N–C) groups is 1. The van der Waals surface area contributed by atoms with Crippen molar-refractivity contribution in [2.45, 2.75) is 12.5 Å². The Morgan fingerprint density at radius 1 is 1.11 bits per heavy atom. The number of carbonyl (C=O) groups is 3. The molecule has 0 radical (unpaired) electrons. The summed E-state index contributed by atoms with van der Waals surface area (Å²) in [6.07, 6.45) is 2.30. The summed E-state index contributed by atoms with van der Waals surface area (Å²) in [7, 11) is 3.34. The molecule has 11 nitrogen and oxygen atoms in total. The number of amides is 3. The lowest BCUT2D eigenvalue weighted by molar-refractivity contribution is -0.132. The Hall–Kier alpha value is -4.54. The van der Waals surface area contributed by atoms with Gasteiger partial charge in [0.05, 0.1) is 5.56 Å². The number of hydrogen-bond donors (Lipinski definition) is 2. The van der Waals surface area contributed by atoms with Gasteiger partial charge < -0.3 is 35.5 Å². The summed E-state index contributed by atoms with van der Waals surface area (Å²) in [6.45, 7) is 0.693. The van der Waals surface area contributed by atoms with Crippen molar-refractivity contribution < 1.29 is 28.6 Å². The zero-order valence-corrected chi connectivity index (χ0v) is 19.3. The molecular weight excluding hydrogens is 454 g/mol. The Balaban J connectivity index is 1.65. The summed E-state index contributed by atoms with van der Waals surface area (Å²) in [5.41, 5.74) is 11.5. The molecule has 11 heteroatoms. The first-order valence-electron chi connectivity index (χ1n) is 10.8. The normalized spacial score (nSPS) is 18.0. The third-order valence-corrected chi connectivity index (χ3v) is 5.46. The van der Waals surface area contributed by atoms with Gasteiger partial charge in [-0.2, -0.15) is 4.99 Å². The number of carbonyl (C=O) groups excluding carboxylic acids is 3. The summed E-state index contributed by atoms with van der Waals surface area (Å²) in [6, 6.07) is 9.31. The number of amidine groups is 1. The van der Waals surface area contributed by atoms with Gasteiger partial charge in [-0.05, 0) is 36.5 Å². The number of rotatable bonds is 6. The summed E-state index contributed by atoms with van der Waals surface area (Å²) in [5, 5.41) is 0. The lowest BCUT2D eigenvalue weighted by Crippen LogP contribution is -2.35. The molecule has 4 N–H and O–H groups in total. The van der Waals surface area contributed by atoms with Crippen LogP contribution >= 0.6 is 0 Å². The third kappa shape index (κ3) is 5.18. The number of benzene rings is 2. The molecular formula is C24H25N5O6. The third-order valence-electron chi connectivity index (χ3n) is 5.46. The van der Waals surface area contributed by atoms with Crippen LogP contribution in [0.3, 0.4) is 0 Å². The number of nitrogens with two attached hydrogens (primary N) is 2. The Kier molecular flexibility index (Phi) is 6.58. The van der Waals surface area contributed by atoms with Crippen molar-refractivity contribution in [3.63, 3.8) is 0 Å². The molecule has 4 rings (SSSR count). The first-order chi connectivity index (χ1) is 16.7. The Morgan fingerprint density at radius 2 is 1.89 bits per heavy atom. The van der Waals surface area contributed by atoms with Crippen molar-refractivity contribution in [3.8, 4) is 23.0 Å². The van der Waals surface area contributed by atoms with Crippen LogP contribution in [0.4, 0.5) is 0 Å². The summed E-state index contributed by atoms with van der Waals surface area (Å²) >= 11 is 0. The summed E-state index contributed by atoms with van der Waals surface area (Å²) in [4.78, 5) is 44.1. The molecule has 2 aromatic carbocycles. The van der Waals surface area contributed by atoms with Crippen LogP contribution in [-0.4, -0.2) is 66.8 Å². The first-order valence-corrected chi connectivity index (χ1v) is 10.8. The molecule has 182 valence electrons. The van der Waals surface area contributed by atoms with Gasteiger partial charge in [-0.25, -0.2) is 0 Å². The number of ether oxygens (including phenoxy) is 3. The minimum atomic E-state index is -0.674. The van der Waals surface area contributed by atoms with Crippen molar-refractivity contribution in [2.24, 2.45) is 16.5 Å². The van der Waals surface area contributed by atoms with Crippen LogP contribution in [0.25, 0.3) is 0 Å². The van der Waals surface area contributed by atoms with E-state index in [-0.39, 0.29) is 41.4 Å². The van der Waals surface area contributed by atoms with E-state index in [2.05, 4.69) is 4.99 Å². The maximum atomic E-state index is 12.7. The Bertz CT molecular complexity index is 1240. The molecule has 0 spiro atoms. The second-order valence-corrected chi connectivity index (χ2v) is 8.09. The van der Waals surface area contributed by atoms with Crippen LogP contribution in [-0.2, 0) is 4.79 Å². The van der Waals surface area contributed by atoms with Crippen LogP contribution < -0.4 is 25.7 Å². The highest BCUT2D eigenvalue weighted by molar-refractivity contribution is 6.06. The maximum Gasteiger partial charge on any atom is 0.279 e. The molecule has 0 aliphatic carbocycles. The van der Waals surface area contributed by atoms with E-state index in [4.69, 9.17) is 25.7 Å². The SMILES string of the molecule is CN1COc2cc(Oc3cc(OC4CCN(C)C4=O)cc(C(=O)N=C(N)/C=C\N)c3)ccc2C1=O. The monoisotopic (exact) mass is 479 g/mol. The summed E-state index contributed by atoms with van der Waals surface area (Å²) < 4.78 is 17.4. The lowest BCUT2D eigenvalue weighted by Gasteiger charge is -2.25. The van der Waals surface area contributed by atoms with Gasteiger partial charge in [0.1, 0.15) is 28.8 Å². The van der Waals surface area contributed by atoms with E-state index in [1.54, 1.807) is 43.3 Å². The van der Waals surface area contributed by atoms with Gasteiger partial charge in [0.15, 0.2) is 12.8 Å². The average molecular weight is 479 g/mol. The van der Waals surface area contributed by atoms with Gasteiger partial charge in [0.25, 0.3) is 17.7 Å². The molecule has 1 atom stereocenters. The zero-order chi connectivity index (χ0) is 25.1. The number of fused-ring (bicyclic) bond motifs is 1. The quantitative estimate of drug-likeness (QED) is 0.467. The first kappa shape index (κ1) is 23.6. The van der Waals surface area contributed by atoms with E-state index in [1.165, 1.54) is 29.3 Å². The van der Waals surface area contributed by atoms with Crippen LogP contribution in [0.5, 0.6) is 23.0 Å². The molecule has 2 aliphatic heterocycles. The Morgan fingerprint density at radius 3 is 2.60 bits per heavy atom. The highest BCUT2D eigenvalue weighted by Crippen LogP contribution is 2.34. The van der Waals surface area contributed by atoms with Gasteiger partial charge in [0.2, 0.25) is 0 Å². The molecule has 2 aromatic rings. The maximum absolute atomic E-state index is 12.7. The molecule has 1 unspecified atom stereocenters. The zero-order valence-electron chi connectivity index (χ0n) is 19.3. The fourth-order valence-corrected chi connectivity index (χ4v) is 3.63. The average Bonchev–Trinajstić information content (AvgIpc) is 3.13. The Labute approximate surface area is 201 Å². The van der Waals surface area contributed by atoms with Crippen molar-refractivity contribution in [3.05, 3.63) is 59.8 Å². The van der Waals surface area contributed by atoms with Crippen molar-refractivity contribution in [1.29, 1.82) is 0 Å². The molecule has 35 heavy (non-hydrogen) atoms. The second-order valence-electron chi connectivity index (χ2n) is 8.09. The van der Waals surface area contributed by atoms with Gasteiger partial charge >= 0.3 is 0 Å². The van der Waals surface area contributed by atoms with Gasteiger partial charge in [0, 0.05) is 44.8 Å². The van der Waals surface area contributed by atoms with E-state index >= 15 is 0 Å². The van der Waals surface area contributed by atoms with Crippen LogP contribution in [0.1, 0.15) is 27.1 Å². The number of nitrogens with zero attached hydrogens (tertiary/aromatic N) is 3. The minimum Gasteiger partial charge on any atom is -0.480 e. The predicted molar refractivity (Wildman–Crippen MR) is 126 cm³/mol. The number of likely N-dealkylation sites (tertiary alicyclic amines) is 1.